The van der Waals surface area contributed by atoms with E-state index in [4.69, 9.17) is 41.5 Å². The van der Waals surface area contributed by atoms with Crippen molar-refractivity contribution in [1.29, 1.82) is 10.8 Å². The Labute approximate surface area is 73.2 Å². The van der Waals surface area contributed by atoms with Gasteiger partial charge in [-0.1, -0.05) is 0 Å². The predicted octanol–water partition coefficient (Wildman–Crippen LogP) is -3.06. The third kappa shape index (κ3) is 59.8. The largest absolute Gasteiger partial charge is 0.466 e. The highest BCUT2D eigenvalue weighted by atomic mass is 31.2. The zero-order valence-electron chi connectivity index (χ0n) is 6.35. The van der Waals surface area contributed by atoms with Crippen LogP contribution < -0.4 is 22.3 Å². The molecule has 10 nitrogen and oxygen atoms in total. The van der Waals surface area contributed by atoms with Gasteiger partial charge in [-0.05, 0) is 0 Å². The molecule has 0 amide bonds. The summed E-state index contributed by atoms with van der Waals surface area (Å²) in [7, 11) is -4.64. The second-order valence-corrected chi connectivity index (χ2v) is 2.62. The predicted molar refractivity (Wildman–Crippen MR) is 44.4 cm³/mol. The first-order chi connectivity index (χ1) is 5.63. The van der Waals surface area contributed by atoms with Crippen LogP contribution in [0.4, 0.5) is 0 Å². The monoisotopic (exact) mass is 214 g/mol. The Morgan fingerprint density at radius 1 is 1.08 bits per heavy atom. The molecule has 0 rings (SSSR count). The van der Waals surface area contributed by atoms with Gasteiger partial charge in [0.2, 0.25) is 11.9 Å². The van der Waals surface area contributed by atoms with Gasteiger partial charge in [-0.2, -0.15) is 0 Å². The third-order valence-electron chi connectivity index (χ3n) is 0.332. The molecule has 11 N–H and O–H groups in total. The lowest BCUT2D eigenvalue weighted by molar-refractivity contribution is 0.275. The van der Waals surface area contributed by atoms with Crippen LogP contribution in [0.3, 0.4) is 0 Å². The summed E-state index contributed by atoms with van der Waals surface area (Å²) in [4.78, 5) is 21.6. The standard InChI is InChI=1S/C2H8N6.H3O4P/c3-1(4)7-8-2(5)6;1-5(2,3)4/h(H4,3,4,7)(H4,5,6,8);(H3,1,2,3,4). The average Bonchev–Trinajstić information content (AvgIpc) is 1.79. The molecule has 11 heteroatoms. The summed E-state index contributed by atoms with van der Waals surface area (Å²) in [6.07, 6.45) is 0. The summed E-state index contributed by atoms with van der Waals surface area (Å²) >= 11 is 0. The van der Waals surface area contributed by atoms with Crippen molar-refractivity contribution < 1.29 is 19.2 Å². The normalized spacial score (nSPS) is 9.15. The van der Waals surface area contributed by atoms with Crippen molar-refractivity contribution in [2.45, 2.75) is 0 Å². The van der Waals surface area contributed by atoms with Gasteiger partial charge in [-0.15, -0.1) is 0 Å². The van der Waals surface area contributed by atoms with Crippen molar-refractivity contribution in [3.63, 3.8) is 0 Å². The summed E-state index contributed by atoms with van der Waals surface area (Å²) in [6, 6.07) is 0. The van der Waals surface area contributed by atoms with E-state index >= 15 is 0 Å². The van der Waals surface area contributed by atoms with Gasteiger partial charge in [0.1, 0.15) is 0 Å². The molecule has 13 heavy (non-hydrogen) atoms. The minimum absolute atomic E-state index is 0.278. The lowest BCUT2D eigenvalue weighted by Gasteiger charge is -2.02. The molecule has 0 unspecified atom stereocenters. The van der Waals surface area contributed by atoms with Crippen LogP contribution in [0.5, 0.6) is 0 Å². The molecule has 0 spiro atoms. The average molecular weight is 214 g/mol. The highest BCUT2D eigenvalue weighted by Crippen LogP contribution is 2.25. The lowest BCUT2D eigenvalue weighted by Crippen LogP contribution is -2.47. The highest BCUT2D eigenvalue weighted by molar-refractivity contribution is 7.45. The van der Waals surface area contributed by atoms with Crippen LogP contribution in [0, 0.1) is 10.8 Å². The quantitative estimate of drug-likeness (QED) is 0.0873. The molecule has 0 aromatic heterocycles. The highest BCUT2D eigenvalue weighted by Gasteiger charge is 2.00. The fourth-order valence-electron chi connectivity index (χ4n) is 0.135. The second kappa shape index (κ2) is 6.20. The Kier molecular flexibility index (Phi) is 6.76. The molecule has 0 fully saturated rings. The number of guanidine groups is 2. The third-order valence-corrected chi connectivity index (χ3v) is 0.332. The Hall–Kier alpha value is -1.35. The maximum absolute atomic E-state index is 8.88. The zero-order chi connectivity index (χ0) is 11.1. The maximum atomic E-state index is 8.88. The number of hydrazine groups is 1. The molecule has 78 valence electrons. The van der Waals surface area contributed by atoms with Gasteiger partial charge in [0.15, 0.2) is 0 Å². The zero-order valence-corrected chi connectivity index (χ0v) is 7.25. The maximum Gasteiger partial charge on any atom is 0.466 e. The first-order valence-electron chi connectivity index (χ1n) is 2.61. The van der Waals surface area contributed by atoms with E-state index in [9.17, 15) is 0 Å². The Bertz CT molecular complexity index is 200. The van der Waals surface area contributed by atoms with E-state index in [0.29, 0.717) is 0 Å². The number of hydrogen-bond donors (Lipinski definition) is 9. The van der Waals surface area contributed by atoms with Gasteiger partial charge in [-0.3, -0.25) is 21.7 Å². The molecular weight excluding hydrogens is 203 g/mol. The number of nitrogens with two attached hydrogens (primary N) is 2. The van der Waals surface area contributed by atoms with E-state index in [-0.39, 0.29) is 11.9 Å². The number of hydrogen-bond acceptors (Lipinski definition) is 3. The molecule has 0 aromatic rings. The number of rotatable bonds is 0. The van der Waals surface area contributed by atoms with Gasteiger partial charge in [0, 0.05) is 0 Å². The molecule has 0 saturated carbocycles. The van der Waals surface area contributed by atoms with Crippen LogP contribution >= 0.6 is 7.82 Å². The van der Waals surface area contributed by atoms with E-state index < -0.39 is 7.82 Å². The van der Waals surface area contributed by atoms with Crippen molar-refractivity contribution in [3.8, 4) is 0 Å². The molecule has 0 aromatic carbocycles. The van der Waals surface area contributed by atoms with Crippen LogP contribution in [0.1, 0.15) is 0 Å². The summed E-state index contributed by atoms with van der Waals surface area (Å²) in [5.41, 5.74) is 13.8. The van der Waals surface area contributed by atoms with Crippen LogP contribution in [0.25, 0.3) is 0 Å². The van der Waals surface area contributed by atoms with Crippen molar-refractivity contribution in [2.24, 2.45) is 11.5 Å². The summed E-state index contributed by atoms with van der Waals surface area (Å²) in [5, 5.41) is 13.1. The molecule has 0 atom stereocenters. The van der Waals surface area contributed by atoms with Crippen LogP contribution in [0.15, 0.2) is 0 Å². The van der Waals surface area contributed by atoms with Crippen molar-refractivity contribution >= 4 is 19.7 Å². The van der Waals surface area contributed by atoms with Crippen molar-refractivity contribution in [3.05, 3.63) is 0 Å². The smallest absolute Gasteiger partial charge is 0.369 e. The molecule has 0 aliphatic carbocycles. The van der Waals surface area contributed by atoms with Gasteiger partial charge in [-0.25, -0.2) is 4.57 Å². The Morgan fingerprint density at radius 2 is 1.23 bits per heavy atom. The SMILES string of the molecule is N=C(N)NNC(=N)N.O=P(O)(O)O. The van der Waals surface area contributed by atoms with E-state index in [1.54, 1.807) is 0 Å². The second-order valence-electron chi connectivity index (χ2n) is 1.59. The topological polar surface area (TPSA) is 202 Å². The first-order valence-corrected chi connectivity index (χ1v) is 4.18. The van der Waals surface area contributed by atoms with Crippen molar-refractivity contribution in [1.82, 2.24) is 10.9 Å². The molecule has 0 heterocycles. The van der Waals surface area contributed by atoms with E-state index in [1.165, 1.54) is 0 Å². The summed E-state index contributed by atoms with van der Waals surface area (Å²) < 4.78 is 8.88. The molecule has 0 aliphatic rings. The fourth-order valence-corrected chi connectivity index (χ4v) is 0.135. The fraction of sp³-hybridized carbons (Fsp3) is 0. The molecule has 0 bridgehead atoms. The molecule has 0 radical (unpaired) electrons. The Balaban J connectivity index is 0. The number of phosphoric acid groups is 1. The van der Waals surface area contributed by atoms with E-state index in [2.05, 4.69) is 10.9 Å². The molecular formula is C2H11N6O4P. The van der Waals surface area contributed by atoms with Gasteiger partial charge < -0.3 is 26.1 Å². The lowest BCUT2D eigenvalue weighted by atomic mass is 11.0. The van der Waals surface area contributed by atoms with E-state index in [0.717, 1.165) is 0 Å². The van der Waals surface area contributed by atoms with Gasteiger partial charge >= 0.3 is 7.82 Å². The van der Waals surface area contributed by atoms with Crippen LogP contribution in [-0.4, -0.2) is 26.6 Å². The van der Waals surface area contributed by atoms with E-state index in [1.807, 2.05) is 0 Å². The molecule has 0 aliphatic heterocycles. The van der Waals surface area contributed by atoms with Gasteiger partial charge in [0.05, 0.1) is 0 Å². The van der Waals surface area contributed by atoms with Crippen LogP contribution in [0.2, 0.25) is 0 Å². The first kappa shape index (κ1) is 14.2. The Morgan fingerprint density at radius 3 is 1.31 bits per heavy atom. The summed E-state index contributed by atoms with van der Waals surface area (Å²) in [6.45, 7) is 0. The van der Waals surface area contributed by atoms with Crippen molar-refractivity contribution in [2.75, 3.05) is 0 Å². The minimum Gasteiger partial charge on any atom is -0.369 e. The number of nitrogens with one attached hydrogen (secondary N) is 4. The minimum atomic E-state index is -4.64. The van der Waals surface area contributed by atoms with Crippen LogP contribution in [-0.2, 0) is 4.57 Å². The molecule has 0 saturated heterocycles. The summed E-state index contributed by atoms with van der Waals surface area (Å²) in [5.74, 6) is -0.555. The van der Waals surface area contributed by atoms with Gasteiger partial charge in [0.25, 0.3) is 0 Å².